The van der Waals surface area contributed by atoms with Crippen LogP contribution in [0, 0.1) is 0 Å². The van der Waals surface area contributed by atoms with Crippen molar-refractivity contribution in [3.63, 3.8) is 0 Å². The molecule has 2 heterocycles. The molecule has 1 aliphatic rings. The smallest absolute Gasteiger partial charge is 0.0873 e. The van der Waals surface area contributed by atoms with Gasteiger partial charge < -0.3 is 4.74 Å². The van der Waals surface area contributed by atoms with Gasteiger partial charge in [0, 0.05) is 26.3 Å². The minimum atomic E-state index is 0.552. The standard InChI is InChI=1S/C12H8Br2ClNO/c13-7-1-2-8(14)12-10(7)11(15)6-5-17-4-3-9(6)16-12/h1-2H,3-5H2. The van der Waals surface area contributed by atoms with Gasteiger partial charge in [0.05, 0.1) is 29.4 Å². The van der Waals surface area contributed by atoms with E-state index in [0.29, 0.717) is 13.2 Å². The van der Waals surface area contributed by atoms with Crippen molar-refractivity contribution in [3.8, 4) is 0 Å². The van der Waals surface area contributed by atoms with E-state index in [0.717, 1.165) is 42.5 Å². The molecule has 0 saturated carbocycles. The number of fused-ring (bicyclic) bond motifs is 2. The number of halogens is 3. The van der Waals surface area contributed by atoms with E-state index in [1.54, 1.807) is 0 Å². The first-order valence-corrected chi connectivity index (χ1v) is 7.17. The minimum Gasteiger partial charge on any atom is -0.376 e. The minimum absolute atomic E-state index is 0.552. The van der Waals surface area contributed by atoms with Crippen molar-refractivity contribution in [2.24, 2.45) is 0 Å². The van der Waals surface area contributed by atoms with Gasteiger partial charge in [-0.2, -0.15) is 0 Å². The molecule has 17 heavy (non-hydrogen) atoms. The Morgan fingerprint density at radius 2 is 2.00 bits per heavy atom. The van der Waals surface area contributed by atoms with Crippen LogP contribution in [0.25, 0.3) is 10.9 Å². The van der Waals surface area contributed by atoms with Gasteiger partial charge in [-0.15, -0.1) is 0 Å². The monoisotopic (exact) mass is 375 g/mol. The van der Waals surface area contributed by atoms with Gasteiger partial charge in [0.2, 0.25) is 0 Å². The van der Waals surface area contributed by atoms with E-state index in [1.165, 1.54) is 0 Å². The highest BCUT2D eigenvalue weighted by atomic mass is 79.9. The van der Waals surface area contributed by atoms with Crippen LogP contribution >= 0.6 is 43.5 Å². The topological polar surface area (TPSA) is 22.1 Å². The van der Waals surface area contributed by atoms with Crippen LogP contribution in [0.2, 0.25) is 5.02 Å². The summed E-state index contributed by atoms with van der Waals surface area (Å²) in [4.78, 5) is 4.70. The van der Waals surface area contributed by atoms with Crippen LogP contribution in [-0.2, 0) is 17.8 Å². The Morgan fingerprint density at radius 1 is 1.24 bits per heavy atom. The molecule has 0 atom stereocenters. The van der Waals surface area contributed by atoms with Gasteiger partial charge in [0.25, 0.3) is 0 Å². The van der Waals surface area contributed by atoms with Gasteiger partial charge >= 0.3 is 0 Å². The van der Waals surface area contributed by atoms with E-state index in [4.69, 9.17) is 21.3 Å². The molecular weight excluding hydrogens is 369 g/mol. The molecule has 2 nitrogen and oxygen atoms in total. The molecule has 0 radical (unpaired) electrons. The number of hydrogen-bond donors (Lipinski definition) is 0. The molecular formula is C12H8Br2ClNO. The Hall–Kier alpha value is -0.160. The second kappa shape index (κ2) is 4.50. The van der Waals surface area contributed by atoms with Crippen molar-refractivity contribution in [3.05, 3.63) is 37.4 Å². The maximum atomic E-state index is 6.47. The van der Waals surface area contributed by atoms with Crippen LogP contribution in [0.5, 0.6) is 0 Å². The maximum absolute atomic E-state index is 6.47. The SMILES string of the molecule is Clc1c2c(nc3c(Br)ccc(Br)c13)CCOC2. The Balaban J connectivity index is 2.44. The fourth-order valence-corrected chi connectivity index (χ4v) is 3.44. The molecule has 0 fully saturated rings. The summed E-state index contributed by atoms with van der Waals surface area (Å²) in [5.41, 5.74) is 2.97. The predicted molar refractivity (Wildman–Crippen MR) is 75.5 cm³/mol. The molecule has 1 aliphatic heterocycles. The predicted octanol–water partition coefficient (Wildman–Crippen LogP) is 4.49. The van der Waals surface area contributed by atoms with Crippen LogP contribution in [0.4, 0.5) is 0 Å². The molecule has 0 bridgehead atoms. The van der Waals surface area contributed by atoms with Gasteiger partial charge in [0.15, 0.2) is 0 Å². The van der Waals surface area contributed by atoms with Crippen LogP contribution in [0.15, 0.2) is 21.1 Å². The van der Waals surface area contributed by atoms with Crippen molar-refractivity contribution in [1.82, 2.24) is 4.98 Å². The molecule has 3 rings (SSSR count). The van der Waals surface area contributed by atoms with Crippen LogP contribution < -0.4 is 0 Å². The number of rotatable bonds is 0. The fraction of sp³-hybridized carbons (Fsp3) is 0.250. The first-order chi connectivity index (χ1) is 8.18. The summed E-state index contributed by atoms with van der Waals surface area (Å²) >= 11 is 13.5. The zero-order valence-corrected chi connectivity index (χ0v) is 12.7. The van der Waals surface area contributed by atoms with Gasteiger partial charge in [-0.25, -0.2) is 0 Å². The lowest BCUT2D eigenvalue weighted by Crippen LogP contribution is -2.12. The number of aromatic nitrogens is 1. The largest absolute Gasteiger partial charge is 0.376 e. The summed E-state index contributed by atoms with van der Waals surface area (Å²) in [5.74, 6) is 0. The van der Waals surface area contributed by atoms with Crippen LogP contribution in [0.1, 0.15) is 11.3 Å². The summed E-state index contributed by atoms with van der Waals surface area (Å²) in [6.45, 7) is 1.27. The van der Waals surface area contributed by atoms with E-state index < -0.39 is 0 Å². The van der Waals surface area contributed by atoms with Gasteiger partial charge in [-0.05, 0) is 28.1 Å². The first kappa shape index (κ1) is 11.9. The highest BCUT2D eigenvalue weighted by Gasteiger charge is 2.19. The molecule has 5 heteroatoms. The van der Waals surface area contributed by atoms with E-state index >= 15 is 0 Å². The molecule has 2 aromatic rings. The van der Waals surface area contributed by atoms with E-state index in [2.05, 4.69) is 31.9 Å². The van der Waals surface area contributed by atoms with Crippen molar-refractivity contribution in [2.75, 3.05) is 6.61 Å². The summed E-state index contributed by atoms with van der Waals surface area (Å²) in [5, 5.41) is 1.70. The number of pyridine rings is 1. The molecule has 0 spiro atoms. The first-order valence-electron chi connectivity index (χ1n) is 5.21. The number of benzene rings is 1. The molecule has 0 aliphatic carbocycles. The summed E-state index contributed by atoms with van der Waals surface area (Å²) in [7, 11) is 0. The second-order valence-corrected chi connectivity index (χ2v) is 5.99. The van der Waals surface area contributed by atoms with Crippen LogP contribution in [-0.4, -0.2) is 11.6 Å². The van der Waals surface area contributed by atoms with Crippen molar-refractivity contribution in [2.45, 2.75) is 13.0 Å². The Kier molecular flexibility index (Phi) is 3.15. The molecule has 1 aromatic carbocycles. The quantitative estimate of drug-likeness (QED) is 0.675. The molecule has 88 valence electrons. The van der Waals surface area contributed by atoms with Crippen molar-refractivity contribution in [1.29, 1.82) is 0 Å². The Morgan fingerprint density at radius 3 is 2.82 bits per heavy atom. The lowest BCUT2D eigenvalue weighted by molar-refractivity contribution is 0.109. The maximum Gasteiger partial charge on any atom is 0.0873 e. The van der Waals surface area contributed by atoms with Gasteiger partial charge in [-0.3, -0.25) is 4.98 Å². The third kappa shape index (κ3) is 1.91. The summed E-state index contributed by atoms with van der Waals surface area (Å²) in [6.07, 6.45) is 0.823. The normalized spacial score (nSPS) is 15.0. The third-order valence-electron chi connectivity index (χ3n) is 2.89. The Bertz CT molecular complexity index is 615. The average Bonchev–Trinajstić information content (AvgIpc) is 2.34. The lowest BCUT2D eigenvalue weighted by atomic mass is 10.1. The zero-order valence-electron chi connectivity index (χ0n) is 8.77. The highest BCUT2D eigenvalue weighted by molar-refractivity contribution is 9.11. The fourth-order valence-electron chi connectivity index (χ4n) is 2.04. The summed E-state index contributed by atoms with van der Waals surface area (Å²) < 4.78 is 7.37. The van der Waals surface area contributed by atoms with Crippen LogP contribution in [0.3, 0.4) is 0 Å². The number of nitrogens with zero attached hydrogens (tertiary/aromatic N) is 1. The van der Waals surface area contributed by atoms with E-state index in [1.807, 2.05) is 12.1 Å². The van der Waals surface area contributed by atoms with E-state index in [9.17, 15) is 0 Å². The van der Waals surface area contributed by atoms with E-state index in [-0.39, 0.29) is 0 Å². The lowest BCUT2D eigenvalue weighted by Gasteiger charge is -2.19. The molecule has 0 N–H and O–H groups in total. The average molecular weight is 377 g/mol. The molecule has 0 saturated heterocycles. The molecule has 0 unspecified atom stereocenters. The second-order valence-electron chi connectivity index (χ2n) is 3.91. The third-order valence-corrected chi connectivity index (χ3v) is 4.60. The summed E-state index contributed by atoms with van der Waals surface area (Å²) in [6, 6.07) is 3.94. The Labute approximate surface area is 121 Å². The van der Waals surface area contributed by atoms with Crippen molar-refractivity contribution >= 4 is 54.4 Å². The number of ether oxygens (including phenoxy) is 1. The number of hydrogen-bond acceptors (Lipinski definition) is 2. The van der Waals surface area contributed by atoms with Gasteiger partial charge in [-0.1, -0.05) is 27.5 Å². The van der Waals surface area contributed by atoms with Crippen molar-refractivity contribution < 1.29 is 4.74 Å². The van der Waals surface area contributed by atoms with Gasteiger partial charge in [0.1, 0.15) is 0 Å². The zero-order chi connectivity index (χ0) is 12.0. The highest BCUT2D eigenvalue weighted by Crippen LogP contribution is 2.38. The molecule has 1 aromatic heterocycles. The molecule has 0 amide bonds.